The van der Waals surface area contributed by atoms with E-state index >= 15 is 0 Å². The number of nitrogens with zero attached hydrogens (tertiary/aromatic N) is 2. The lowest BCUT2D eigenvalue weighted by Crippen LogP contribution is -2.63. The van der Waals surface area contributed by atoms with E-state index in [-0.39, 0.29) is 0 Å². The molecule has 0 aromatic rings. The van der Waals surface area contributed by atoms with Gasteiger partial charge in [-0.2, -0.15) is 0 Å². The molecule has 0 N–H and O–H groups in total. The van der Waals surface area contributed by atoms with Gasteiger partial charge in [0.2, 0.25) is 0 Å². The molecule has 0 atom stereocenters. The van der Waals surface area contributed by atoms with E-state index in [9.17, 15) is 0 Å². The summed E-state index contributed by atoms with van der Waals surface area (Å²) in [6, 6.07) is 0. The largest absolute Gasteiger partial charge is 0.310 e. The van der Waals surface area contributed by atoms with E-state index in [1.54, 1.807) is 0 Å². The summed E-state index contributed by atoms with van der Waals surface area (Å²) >= 11 is 7.00. The van der Waals surface area contributed by atoms with Crippen molar-refractivity contribution >= 4 is 18.8 Å². The molecule has 0 radical (unpaired) electrons. The first kappa shape index (κ1) is 15.4. The van der Waals surface area contributed by atoms with Gasteiger partial charge in [0.25, 0.3) is 0 Å². The minimum atomic E-state index is -1.95. The molecular formula is C11H27ClN2Si. The fraction of sp³-hybridized carbons (Fsp3) is 1.00. The number of halogens is 1. The third-order valence-electron chi connectivity index (χ3n) is 3.15. The van der Waals surface area contributed by atoms with Gasteiger partial charge in [-0.05, 0) is 31.7 Å². The molecule has 0 spiro atoms. The number of hydrogen-bond donors (Lipinski definition) is 0. The highest BCUT2D eigenvalue weighted by atomic mass is 35.6. The molecule has 0 amide bonds. The molecule has 0 aromatic carbocycles. The molecule has 0 aliphatic heterocycles. The standard InChI is InChI=1S/C11H27ClN2Si/c1-7-13(8-2)15(12,11(5)6)14(9-3)10-4/h11H,7-10H2,1-6H3. The number of hydrogen-bond acceptors (Lipinski definition) is 2. The molecule has 4 heteroatoms. The molecule has 0 aliphatic carbocycles. The van der Waals surface area contributed by atoms with Crippen molar-refractivity contribution in [3.8, 4) is 0 Å². The Morgan fingerprint density at radius 2 is 1.13 bits per heavy atom. The van der Waals surface area contributed by atoms with E-state index < -0.39 is 7.71 Å². The molecule has 15 heavy (non-hydrogen) atoms. The van der Waals surface area contributed by atoms with Gasteiger partial charge in [-0.25, -0.2) is 0 Å². The third-order valence-corrected chi connectivity index (χ3v) is 10.4. The van der Waals surface area contributed by atoms with E-state index in [4.69, 9.17) is 11.1 Å². The Morgan fingerprint density at radius 3 is 1.27 bits per heavy atom. The van der Waals surface area contributed by atoms with Gasteiger partial charge in [-0.15, -0.1) is 11.1 Å². The van der Waals surface area contributed by atoms with Crippen LogP contribution in [0, 0.1) is 0 Å². The Morgan fingerprint density at radius 1 is 0.867 bits per heavy atom. The molecule has 0 aromatic heterocycles. The molecule has 92 valence electrons. The fourth-order valence-corrected chi connectivity index (χ4v) is 7.33. The first-order valence-electron chi connectivity index (χ1n) is 6.17. The molecule has 0 saturated carbocycles. The Labute approximate surface area is 101 Å². The van der Waals surface area contributed by atoms with Crippen LogP contribution in [0.5, 0.6) is 0 Å². The molecular weight excluding hydrogens is 224 g/mol. The van der Waals surface area contributed by atoms with Crippen LogP contribution in [0.25, 0.3) is 0 Å². The first-order chi connectivity index (χ1) is 6.98. The van der Waals surface area contributed by atoms with Gasteiger partial charge in [-0.1, -0.05) is 41.5 Å². The zero-order valence-corrected chi connectivity index (χ0v) is 12.9. The zero-order valence-electron chi connectivity index (χ0n) is 11.2. The second-order valence-electron chi connectivity index (χ2n) is 4.14. The van der Waals surface area contributed by atoms with Gasteiger partial charge in [-0.3, -0.25) is 0 Å². The van der Waals surface area contributed by atoms with E-state index in [0.717, 1.165) is 26.2 Å². The van der Waals surface area contributed by atoms with Crippen molar-refractivity contribution in [3.05, 3.63) is 0 Å². The van der Waals surface area contributed by atoms with Crippen molar-refractivity contribution in [2.24, 2.45) is 0 Å². The second-order valence-corrected chi connectivity index (χ2v) is 9.50. The van der Waals surface area contributed by atoms with Crippen molar-refractivity contribution in [2.45, 2.75) is 47.1 Å². The minimum Gasteiger partial charge on any atom is -0.300 e. The van der Waals surface area contributed by atoms with Crippen LogP contribution in [-0.2, 0) is 0 Å². The van der Waals surface area contributed by atoms with Crippen LogP contribution in [0.4, 0.5) is 0 Å². The molecule has 0 rings (SSSR count). The number of rotatable bonds is 7. The van der Waals surface area contributed by atoms with E-state index in [1.807, 2.05) is 0 Å². The van der Waals surface area contributed by atoms with Crippen LogP contribution >= 0.6 is 11.1 Å². The maximum absolute atomic E-state index is 7.00. The summed E-state index contributed by atoms with van der Waals surface area (Å²) in [6.07, 6.45) is 0. The summed E-state index contributed by atoms with van der Waals surface area (Å²) in [7, 11) is -1.95. The highest BCUT2D eigenvalue weighted by Gasteiger charge is 2.45. The van der Waals surface area contributed by atoms with Gasteiger partial charge in [0, 0.05) is 0 Å². The summed E-state index contributed by atoms with van der Waals surface area (Å²) in [5.74, 6) is 0. The fourth-order valence-electron chi connectivity index (χ4n) is 2.26. The normalized spacial score (nSPS) is 13.2. The van der Waals surface area contributed by atoms with E-state index in [0.29, 0.717) is 5.54 Å². The van der Waals surface area contributed by atoms with Crippen molar-refractivity contribution in [2.75, 3.05) is 26.2 Å². The van der Waals surface area contributed by atoms with E-state index in [1.165, 1.54) is 0 Å². The first-order valence-corrected chi connectivity index (χ1v) is 9.16. The SMILES string of the molecule is CCN(CC)[Si](Cl)(C(C)C)N(CC)CC. The van der Waals surface area contributed by atoms with Gasteiger partial charge < -0.3 is 9.13 Å². The van der Waals surface area contributed by atoms with Crippen LogP contribution in [0.3, 0.4) is 0 Å². The predicted molar refractivity (Wildman–Crippen MR) is 72.5 cm³/mol. The second kappa shape index (κ2) is 6.89. The lowest BCUT2D eigenvalue weighted by molar-refractivity contribution is 0.359. The van der Waals surface area contributed by atoms with Crippen molar-refractivity contribution in [1.82, 2.24) is 9.13 Å². The maximum Gasteiger partial charge on any atom is 0.310 e. The van der Waals surface area contributed by atoms with Crippen molar-refractivity contribution in [1.29, 1.82) is 0 Å². The molecule has 0 saturated heterocycles. The molecule has 0 heterocycles. The maximum atomic E-state index is 7.00. The summed E-state index contributed by atoms with van der Waals surface area (Å²) < 4.78 is 4.96. The Kier molecular flexibility index (Phi) is 7.09. The average Bonchev–Trinajstić information content (AvgIpc) is 2.21. The quantitative estimate of drug-likeness (QED) is 0.506. The summed E-state index contributed by atoms with van der Waals surface area (Å²) in [5.41, 5.74) is 0.555. The van der Waals surface area contributed by atoms with Gasteiger partial charge in [0.15, 0.2) is 0 Å². The van der Waals surface area contributed by atoms with E-state index in [2.05, 4.69) is 50.7 Å². The predicted octanol–water partition coefficient (Wildman–Crippen LogP) is 3.26. The van der Waals surface area contributed by atoms with Crippen LogP contribution in [-0.4, -0.2) is 43.0 Å². The summed E-state index contributed by atoms with van der Waals surface area (Å²) in [4.78, 5) is 0. The van der Waals surface area contributed by atoms with Crippen molar-refractivity contribution < 1.29 is 0 Å². The highest BCUT2D eigenvalue weighted by molar-refractivity contribution is 7.17. The topological polar surface area (TPSA) is 6.48 Å². The van der Waals surface area contributed by atoms with Crippen LogP contribution < -0.4 is 0 Å². The smallest absolute Gasteiger partial charge is 0.300 e. The Bertz CT molecular complexity index is 156. The highest BCUT2D eigenvalue weighted by Crippen LogP contribution is 2.31. The van der Waals surface area contributed by atoms with Crippen LogP contribution in [0.2, 0.25) is 5.54 Å². The zero-order chi connectivity index (χ0) is 12.1. The Hall–Kier alpha value is 0.427. The van der Waals surface area contributed by atoms with Crippen molar-refractivity contribution in [3.63, 3.8) is 0 Å². The average molecular weight is 251 g/mol. The lowest BCUT2D eigenvalue weighted by Gasteiger charge is -2.45. The molecule has 0 aliphatic rings. The third kappa shape index (κ3) is 3.19. The van der Waals surface area contributed by atoms with Gasteiger partial charge in [0.1, 0.15) is 0 Å². The van der Waals surface area contributed by atoms with Gasteiger partial charge >= 0.3 is 7.71 Å². The lowest BCUT2D eigenvalue weighted by atomic mass is 10.6. The summed E-state index contributed by atoms with van der Waals surface area (Å²) in [6.45, 7) is 17.6. The minimum absolute atomic E-state index is 0.555. The van der Waals surface area contributed by atoms with Crippen LogP contribution in [0.1, 0.15) is 41.5 Å². The Balaban J connectivity index is 5.01. The molecule has 0 fully saturated rings. The molecule has 0 bridgehead atoms. The van der Waals surface area contributed by atoms with Crippen LogP contribution in [0.15, 0.2) is 0 Å². The molecule has 0 unspecified atom stereocenters. The monoisotopic (exact) mass is 250 g/mol. The molecule has 2 nitrogen and oxygen atoms in total. The summed E-state index contributed by atoms with van der Waals surface area (Å²) in [5, 5.41) is 0. The van der Waals surface area contributed by atoms with Gasteiger partial charge in [0.05, 0.1) is 0 Å².